The number of alkyl halides is 1. The second-order valence-corrected chi connectivity index (χ2v) is 6.60. The number of rotatable bonds is 6. The third kappa shape index (κ3) is 4.61. The van der Waals surface area contributed by atoms with Gasteiger partial charge in [0.05, 0.1) is 7.11 Å². The van der Waals surface area contributed by atoms with Crippen LogP contribution in [0.5, 0.6) is 5.88 Å². The summed E-state index contributed by atoms with van der Waals surface area (Å²) in [6.45, 7) is 0.417. The quantitative estimate of drug-likeness (QED) is 0.659. The molecule has 10 nitrogen and oxygen atoms in total. The zero-order valence-electron chi connectivity index (χ0n) is 13.8. The van der Waals surface area contributed by atoms with Crippen molar-refractivity contribution in [2.75, 3.05) is 19.1 Å². The van der Waals surface area contributed by atoms with Crippen molar-refractivity contribution in [2.45, 2.75) is 18.1 Å². The van der Waals surface area contributed by atoms with Crippen molar-refractivity contribution >= 4 is 22.0 Å². The Labute approximate surface area is 148 Å². The first-order chi connectivity index (χ1) is 12.3. The molecule has 26 heavy (non-hydrogen) atoms. The van der Waals surface area contributed by atoms with E-state index in [0.717, 1.165) is 6.20 Å². The van der Waals surface area contributed by atoms with Crippen LogP contribution in [-0.4, -0.2) is 48.3 Å². The molecule has 1 unspecified atom stereocenters. The third-order valence-corrected chi connectivity index (χ3v) is 4.36. The maximum atomic E-state index is 12.7. The van der Waals surface area contributed by atoms with Crippen LogP contribution in [0.3, 0.4) is 0 Å². The van der Waals surface area contributed by atoms with Gasteiger partial charge in [0.25, 0.3) is 10.0 Å². The number of nitrogens with zero attached hydrogens (tertiary/aromatic N) is 3. The number of hydrogen-bond acceptors (Lipinski definition) is 8. The number of pyridine rings is 1. The Kier molecular flexibility index (Phi) is 6.00. The molecular weight excluding hydrogens is 369 g/mol. The summed E-state index contributed by atoms with van der Waals surface area (Å²) < 4.78 is 44.0. The summed E-state index contributed by atoms with van der Waals surface area (Å²) in [5.74, 6) is -0.00618. The number of carbonyl (C=O) groups is 1. The number of anilines is 1. The van der Waals surface area contributed by atoms with Crippen LogP contribution in [0.25, 0.3) is 0 Å². The molecule has 0 aromatic carbocycles. The molecule has 0 saturated carbocycles. The summed E-state index contributed by atoms with van der Waals surface area (Å²) >= 11 is 0. The molecule has 0 aliphatic heterocycles. The number of urea groups is 1. The Balaban J connectivity index is 2.22. The molecule has 1 atom stereocenters. The fourth-order valence-corrected chi connectivity index (χ4v) is 3.07. The number of ether oxygens (including phenoxy) is 1. The van der Waals surface area contributed by atoms with Gasteiger partial charge >= 0.3 is 6.03 Å². The number of halogens is 1. The minimum Gasteiger partial charge on any atom is -0.481 e. The van der Waals surface area contributed by atoms with Gasteiger partial charge in [0.15, 0.2) is 5.03 Å². The fraction of sp³-hybridized carbons (Fsp3) is 0.286. The van der Waals surface area contributed by atoms with E-state index in [-0.39, 0.29) is 17.4 Å². The van der Waals surface area contributed by atoms with E-state index in [0.29, 0.717) is 5.69 Å². The lowest BCUT2D eigenvalue weighted by molar-refractivity contribution is 0.138. The van der Waals surface area contributed by atoms with Gasteiger partial charge in [0, 0.05) is 23.5 Å². The monoisotopic (exact) mass is 385 g/mol. The van der Waals surface area contributed by atoms with E-state index in [1.807, 2.05) is 0 Å². The van der Waals surface area contributed by atoms with Crippen molar-refractivity contribution in [1.82, 2.24) is 19.7 Å². The molecule has 140 valence electrons. The molecule has 0 radical (unpaired) electrons. The number of methoxy groups -OCH3 is 1. The molecule has 0 saturated heterocycles. The Hall–Kier alpha value is -2.86. The van der Waals surface area contributed by atoms with Gasteiger partial charge in [-0.2, -0.15) is 13.4 Å². The summed E-state index contributed by atoms with van der Waals surface area (Å²) in [5.41, 5.74) is 0.205. The molecule has 2 rings (SSSR count). The second kappa shape index (κ2) is 8.01. The van der Waals surface area contributed by atoms with Crippen molar-refractivity contribution in [2.24, 2.45) is 0 Å². The fourth-order valence-electron chi connectivity index (χ4n) is 1.96. The zero-order chi connectivity index (χ0) is 19.3. The first-order valence-corrected chi connectivity index (χ1v) is 8.67. The summed E-state index contributed by atoms with van der Waals surface area (Å²) in [6, 6.07) is 2.88. The highest BCUT2D eigenvalue weighted by molar-refractivity contribution is 7.90. The van der Waals surface area contributed by atoms with Crippen molar-refractivity contribution in [3.8, 4) is 5.88 Å². The van der Waals surface area contributed by atoms with Crippen molar-refractivity contribution < 1.29 is 27.4 Å². The molecule has 2 aromatic heterocycles. The van der Waals surface area contributed by atoms with E-state index in [1.54, 1.807) is 11.6 Å². The van der Waals surface area contributed by atoms with Crippen LogP contribution in [0.15, 0.2) is 29.4 Å². The van der Waals surface area contributed by atoms with Gasteiger partial charge in [-0.05, 0) is 13.0 Å². The molecule has 2 amide bonds. The van der Waals surface area contributed by atoms with E-state index in [4.69, 9.17) is 4.74 Å². The summed E-state index contributed by atoms with van der Waals surface area (Å²) in [5, 5.41) is 11.1. The number of aryl methyl sites for hydroxylation is 1. The molecule has 2 heterocycles. The smallest absolute Gasteiger partial charge is 0.335 e. The lowest BCUT2D eigenvalue weighted by Gasteiger charge is -2.13. The summed E-state index contributed by atoms with van der Waals surface area (Å²) in [7, 11) is -3.11. The van der Waals surface area contributed by atoms with Crippen LogP contribution in [-0.2, 0) is 10.0 Å². The Morgan fingerprint density at radius 3 is 2.81 bits per heavy atom. The lowest BCUT2D eigenvalue weighted by Crippen LogP contribution is -2.36. The number of aromatic nitrogens is 3. The van der Waals surface area contributed by atoms with Gasteiger partial charge in [-0.15, -0.1) is 0 Å². The van der Waals surface area contributed by atoms with E-state index in [1.165, 1.54) is 25.3 Å². The first kappa shape index (κ1) is 19.5. The van der Waals surface area contributed by atoms with Crippen molar-refractivity contribution in [3.63, 3.8) is 0 Å². The Bertz CT molecular complexity index is 908. The van der Waals surface area contributed by atoms with Crippen LogP contribution in [0.4, 0.5) is 15.1 Å². The molecule has 0 aliphatic carbocycles. The van der Waals surface area contributed by atoms with Gasteiger partial charge in [0.1, 0.15) is 12.8 Å². The number of aliphatic hydroxyl groups excluding tert-OH is 1. The van der Waals surface area contributed by atoms with Gasteiger partial charge in [-0.25, -0.2) is 23.9 Å². The number of sulfonamides is 1. The maximum absolute atomic E-state index is 12.7. The van der Waals surface area contributed by atoms with Crippen LogP contribution in [0.2, 0.25) is 0 Å². The number of hydrogen-bond donors (Lipinski definition) is 3. The first-order valence-electron chi connectivity index (χ1n) is 7.19. The highest BCUT2D eigenvalue weighted by atomic mass is 32.2. The molecule has 0 spiro atoms. The molecule has 0 bridgehead atoms. The van der Waals surface area contributed by atoms with E-state index in [9.17, 15) is 22.7 Å². The summed E-state index contributed by atoms with van der Waals surface area (Å²) in [4.78, 5) is 23.4. The predicted molar refractivity (Wildman–Crippen MR) is 87.8 cm³/mol. The number of nitrogens with one attached hydrogen (secondary N) is 2. The van der Waals surface area contributed by atoms with E-state index >= 15 is 0 Å². The van der Waals surface area contributed by atoms with E-state index in [2.05, 4.69) is 20.3 Å². The summed E-state index contributed by atoms with van der Waals surface area (Å²) in [6.07, 6.45) is -0.558. The Morgan fingerprint density at radius 2 is 2.15 bits per heavy atom. The average molecular weight is 385 g/mol. The SMILES string of the molecule is COc1cc(C)nc(NC(=O)NS(=O)(=O)c2ncccc2C(O)CF)n1. The Morgan fingerprint density at radius 1 is 1.42 bits per heavy atom. The minimum atomic E-state index is -4.48. The van der Waals surface area contributed by atoms with Gasteiger partial charge < -0.3 is 9.84 Å². The van der Waals surface area contributed by atoms with Crippen molar-refractivity contribution in [3.05, 3.63) is 35.7 Å². The standard InChI is InChI=1S/C14H16FN5O5S/c1-8-6-11(25-2)18-13(17-8)19-14(22)20-26(23,24)12-9(10(21)7-15)4-3-5-16-12/h3-6,10,21H,7H2,1-2H3,(H2,17,18,19,20,22). The number of aliphatic hydroxyl groups is 1. The topological polar surface area (TPSA) is 143 Å². The van der Waals surface area contributed by atoms with Crippen LogP contribution in [0, 0.1) is 6.92 Å². The highest BCUT2D eigenvalue weighted by Crippen LogP contribution is 2.20. The van der Waals surface area contributed by atoms with Crippen LogP contribution >= 0.6 is 0 Å². The van der Waals surface area contributed by atoms with Gasteiger partial charge in [-0.1, -0.05) is 6.07 Å². The third-order valence-electron chi connectivity index (χ3n) is 3.05. The second-order valence-electron chi connectivity index (χ2n) is 5.00. The molecule has 0 fully saturated rings. The van der Waals surface area contributed by atoms with Gasteiger partial charge in [0.2, 0.25) is 11.8 Å². The largest absolute Gasteiger partial charge is 0.481 e. The molecular formula is C14H16FN5O5S. The normalized spacial score (nSPS) is 12.3. The van der Waals surface area contributed by atoms with Crippen LogP contribution < -0.4 is 14.8 Å². The maximum Gasteiger partial charge on any atom is 0.335 e. The predicted octanol–water partition coefficient (Wildman–Crippen LogP) is 0.702. The molecule has 12 heteroatoms. The lowest BCUT2D eigenvalue weighted by atomic mass is 10.2. The average Bonchev–Trinajstić information content (AvgIpc) is 2.59. The molecule has 3 N–H and O–H groups in total. The van der Waals surface area contributed by atoms with Crippen molar-refractivity contribution in [1.29, 1.82) is 0 Å². The molecule has 2 aromatic rings. The van der Waals surface area contributed by atoms with Crippen LogP contribution in [0.1, 0.15) is 17.4 Å². The van der Waals surface area contributed by atoms with E-state index < -0.39 is 33.9 Å². The number of amides is 2. The molecule has 0 aliphatic rings. The van der Waals surface area contributed by atoms with Gasteiger partial charge in [-0.3, -0.25) is 5.32 Å². The number of carbonyl (C=O) groups excluding carboxylic acids is 1. The zero-order valence-corrected chi connectivity index (χ0v) is 14.6. The minimum absolute atomic E-state index is 0.175. The highest BCUT2D eigenvalue weighted by Gasteiger charge is 2.26.